The fourth-order valence-corrected chi connectivity index (χ4v) is 3.07. The van der Waals surface area contributed by atoms with Gasteiger partial charge in [0.15, 0.2) is 11.5 Å². The number of para-hydroxylation sites is 2. The summed E-state index contributed by atoms with van der Waals surface area (Å²) in [4.78, 5) is 0.000654. The Labute approximate surface area is 133 Å². The van der Waals surface area contributed by atoms with Gasteiger partial charge >= 0.3 is 0 Å². The van der Waals surface area contributed by atoms with Gasteiger partial charge in [0.25, 0.3) is 0 Å². The monoisotopic (exact) mass is 348 g/mol. The van der Waals surface area contributed by atoms with E-state index in [2.05, 4.69) is 28.9 Å². The van der Waals surface area contributed by atoms with Crippen molar-refractivity contribution in [3.8, 4) is 17.2 Å². The van der Waals surface area contributed by atoms with Crippen LogP contribution < -0.4 is 14.2 Å². The quantitative estimate of drug-likeness (QED) is 0.774. The van der Waals surface area contributed by atoms with Crippen LogP contribution >= 0.6 is 15.9 Å². The van der Waals surface area contributed by atoms with Gasteiger partial charge in [-0.05, 0) is 25.1 Å². The number of hydrogen-bond donors (Lipinski definition) is 0. The molecule has 1 heterocycles. The molecule has 0 amide bonds. The van der Waals surface area contributed by atoms with E-state index in [1.807, 2.05) is 36.4 Å². The van der Waals surface area contributed by atoms with Crippen molar-refractivity contribution < 1.29 is 14.2 Å². The summed E-state index contributed by atoms with van der Waals surface area (Å²) in [5.74, 6) is 2.43. The molecule has 1 aliphatic heterocycles. The van der Waals surface area contributed by atoms with Gasteiger partial charge in [-0.15, -0.1) is 0 Å². The van der Waals surface area contributed by atoms with Crippen LogP contribution in [0.2, 0.25) is 0 Å². The van der Waals surface area contributed by atoms with Crippen LogP contribution in [0.15, 0.2) is 42.5 Å². The SMILES string of the molecule is COc1ccc(C)cc1C(Br)C1COc2ccccc2O1. The topological polar surface area (TPSA) is 27.7 Å². The van der Waals surface area contributed by atoms with Gasteiger partial charge in [0.05, 0.1) is 11.9 Å². The van der Waals surface area contributed by atoms with Gasteiger partial charge < -0.3 is 14.2 Å². The van der Waals surface area contributed by atoms with Crippen LogP contribution in [-0.4, -0.2) is 19.8 Å². The average Bonchev–Trinajstić information content (AvgIpc) is 2.53. The number of fused-ring (bicyclic) bond motifs is 1. The lowest BCUT2D eigenvalue weighted by atomic mass is 10.0. The van der Waals surface area contributed by atoms with E-state index in [9.17, 15) is 0 Å². The normalized spacial score (nSPS) is 18.1. The Kier molecular flexibility index (Phi) is 4.06. The molecule has 3 nitrogen and oxygen atoms in total. The molecule has 0 aromatic heterocycles. The van der Waals surface area contributed by atoms with E-state index in [0.717, 1.165) is 22.8 Å². The molecule has 0 bridgehead atoms. The average molecular weight is 349 g/mol. The van der Waals surface area contributed by atoms with E-state index >= 15 is 0 Å². The maximum Gasteiger partial charge on any atom is 0.161 e. The van der Waals surface area contributed by atoms with Gasteiger partial charge in [0.2, 0.25) is 0 Å². The summed E-state index contributed by atoms with van der Waals surface area (Å²) in [6.07, 6.45) is -0.101. The summed E-state index contributed by atoms with van der Waals surface area (Å²) in [5.41, 5.74) is 2.26. The Morgan fingerprint density at radius 2 is 1.95 bits per heavy atom. The van der Waals surface area contributed by atoms with Gasteiger partial charge in [-0.2, -0.15) is 0 Å². The first-order chi connectivity index (χ1) is 10.2. The van der Waals surface area contributed by atoms with Crippen molar-refractivity contribution in [2.24, 2.45) is 0 Å². The third-order valence-corrected chi connectivity index (χ3v) is 4.62. The second kappa shape index (κ2) is 5.98. The number of alkyl halides is 1. The second-order valence-corrected chi connectivity index (χ2v) is 6.05. The first kappa shape index (κ1) is 14.3. The summed E-state index contributed by atoms with van der Waals surface area (Å²) in [6, 6.07) is 13.9. The molecule has 2 aromatic carbocycles. The molecule has 4 heteroatoms. The molecular weight excluding hydrogens is 332 g/mol. The Bertz CT molecular complexity index is 642. The van der Waals surface area contributed by atoms with Crippen molar-refractivity contribution in [3.63, 3.8) is 0 Å². The molecule has 0 radical (unpaired) electrons. The van der Waals surface area contributed by atoms with Gasteiger partial charge in [0.1, 0.15) is 18.5 Å². The smallest absolute Gasteiger partial charge is 0.161 e. The van der Waals surface area contributed by atoms with E-state index in [1.54, 1.807) is 7.11 Å². The van der Waals surface area contributed by atoms with Crippen molar-refractivity contribution in [2.75, 3.05) is 13.7 Å². The van der Waals surface area contributed by atoms with E-state index in [4.69, 9.17) is 14.2 Å². The molecule has 2 atom stereocenters. The van der Waals surface area contributed by atoms with Crippen molar-refractivity contribution in [2.45, 2.75) is 17.9 Å². The summed E-state index contributed by atoms with van der Waals surface area (Å²) >= 11 is 3.74. The Morgan fingerprint density at radius 3 is 2.71 bits per heavy atom. The molecule has 0 aliphatic carbocycles. The minimum atomic E-state index is -0.101. The molecule has 2 unspecified atom stereocenters. The highest BCUT2D eigenvalue weighted by Crippen LogP contribution is 2.40. The minimum absolute atomic E-state index is 0.000654. The number of halogens is 1. The minimum Gasteiger partial charge on any atom is -0.496 e. The predicted octanol–water partition coefficient (Wildman–Crippen LogP) is 4.28. The number of methoxy groups -OCH3 is 1. The highest BCUT2D eigenvalue weighted by Gasteiger charge is 2.30. The summed E-state index contributed by atoms with van der Waals surface area (Å²) < 4.78 is 17.3. The van der Waals surface area contributed by atoms with Crippen LogP contribution in [0.25, 0.3) is 0 Å². The maximum absolute atomic E-state index is 6.06. The van der Waals surface area contributed by atoms with Crippen molar-refractivity contribution >= 4 is 15.9 Å². The first-order valence-corrected chi connectivity index (χ1v) is 7.77. The third-order valence-electron chi connectivity index (χ3n) is 3.54. The number of hydrogen-bond acceptors (Lipinski definition) is 3. The highest BCUT2D eigenvalue weighted by molar-refractivity contribution is 9.09. The zero-order chi connectivity index (χ0) is 14.8. The molecule has 110 valence electrons. The molecule has 0 N–H and O–H groups in total. The van der Waals surface area contributed by atoms with Crippen LogP contribution in [0.5, 0.6) is 17.2 Å². The summed E-state index contributed by atoms with van der Waals surface area (Å²) in [5, 5.41) is 0. The molecule has 3 rings (SSSR count). The molecule has 0 spiro atoms. The summed E-state index contributed by atoms with van der Waals surface area (Å²) in [7, 11) is 1.68. The molecule has 2 aromatic rings. The number of benzene rings is 2. The summed E-state index contributed by atoms with van der Waals surface area (Å²) in [6.45, 7) is 2.57. The standard InChI is InChI=1S/C17H17BrO3/c1-11-7-8-13(19-2)12(9-11)17(18)16-10-20-14-5-3-4-6-15(14)21-16/h3-9,16-17H,10H2,1-2H3. The van der Waals surface area contributed by atoms with Gasteiger partial charge in [-0.3, -0.25) is 0 Å². The van der Waals surface area contributed by atoms with E-state index in [0.29, 0.717) is 6.61 Å². The first-order valence-electron chi connectivity index (χ1n) is 6.86. The number of aryl methyl sites for hydroxylation is 1. The third kappa shape index (κ3) is 2.86. The molecule has 0 saturated heterocycles. The Hall–Kier alpha value is -1.68. The predicted molar refractivity (Wildman–Crippen MR) is 85.8 cm³/mol. The van der Waals surface area contributed by atoms with E-state index in [1.165, 1.54) is 5.56 Å². The lowest BCUT2D eigenvalue weighted by Gasteiger charge is -2.30. The van der Waals surface area contributed by atoms with Crippen molar-refractivity contribution in [1.29, 1.82) is 0 Å². The van der Waals surface area contributed by atoms with Crippen LogP contribution in [0.1, 0.15) is 16.0 Å². The van der Waals surface area contributed by atoms with E-state index in [-0.39, 0.29) is 10.9 Å². The lowest BCUT2D eigenvalue weighted by Crippen LogP contribution is -2.32. The molecule has 0 saturated carbocycles. The van der Waals surface area contributed by atoms with Gasteiger partial charge in [-0.25, -0.2) is 0 Å². The zero-order valence-corrected chi connectivity index (χ0v) is 13.6. The zero-order valence-electron chi connectivity index (χ0n) is 12.0. The van der Waals surface area contributed by atoms with Crippen LogP contribution in [0.4, 0.5) is 0 Å². The van der Waals surface area contributed by atoms with Crippen LogP contribution in [0, 0.1) is 6.92 Å². The van der Waals surface area contributed by atoms with Crippen molar-refractivity contribution in [3.05, 3.63) is 53.6 Å². The highest BCUT2D eigenvalue weighted by atomic mass is 79.9. The van der Waals surface area contributed by atoms with Gasteiger partial charge in [-0.1, -0.05) is 45.8 Å². The number of rotatable bonds is 3. The second-order valence-electron chi connectivity index (χ2n) is 5.06. The molecule has 1 aliphatic rings. The lowest BCUT2D eigenvalue weighted by molar-refractivity contribution is 0.0900. The van der Waals surface area contributed by atoms with Crippen LogP contribution in [-0.2, 0) is 0 Å². The fourth-order valence-electron chi connectivity index (χ4n) is 2.45. The molecular formula is C17H17BrO3. The van der Waals surface area contributed by atoms with E-state index < -0.39 is 0 Å². The largest absolute Gasteiger partial charge is 0.496 e. The van der Waals surface area contributed by atoms with Crippen molar-refractivity contribution in [1.82, 2.24) is 0 Å². The molecule has 21 heavy (non-hydrogen) atoms. The fraction of sp³-hybridized carbons (Fsp3) is 0.294. The maximum atomic E-state index is 6.06. The van der Waals surface area contributed by atoms with Crippen LogP contribution in [0.3, 0.4) is 0 Å². The molecule has 0 fully saturated rings. The number of ether oxygens (including phenoxy) is 3. The Balaban J connectivity index is 1.87. The Morgan fingerprint density at radius 1 is 1.19 bits per heavy atom. The van der Waals surface area contributed by atoms with Gasteiger partial charge in [0, 0.05) is 5.56 Å².